The van der Waals surface area contributed by atoms with Crippen molar-refractivity contribution in [3.8, 4) is 5.75 Å². The molecule has 1 saturated heterocycles. The molecule has 0 aliphatic carbocycles. The maximum absolute atomic E-state index is 12.4. The molecule has 0 spiro atoms. The van der Waals surface area contributed by atoms with Crippen LogP contribution in [0.25, 0.3) is 0 Å². The fourth-order valence-electron chi connectivity index (χ4n) is 2.80. The minimum atomic E-state index is -4.45. The van der Waals surface area contributed by atoms with Gasteiger partial charge in [-0.15, -0.1) is 0 Å². The van der Waals surface area contributed by atoms with Crippen molar-refractivity contribution in [1.29, 1.82) is 0 Å². The van der Waals surface area contributed by atoms with Crippen LogP contribution in [0.1, 0.15) is 37.2 Å². The van der Waals surface area contributed by atoms with E-state index < -0.39 is 18.5 Å². The Morgan fingerprint density at radius 1 is 1.27 bits per heavy atom. The Morgan fingerprint density at radius 3 is 2.55 bits per heavy atom. The van der Waals surface area contributed by atoms with Gasteiger partial charge in [0.15, 0.2) is 0 Å². The van der Waals surface area contributed by atoms with Gasteiger partial charge < -0.3 is 9.64 Å². The van der Waals surface area contributed by atoms with Gasteiger partial charge in [-0.3, -0.25) is 4.79 Å². The van der Waals surface area contributed by atoms with Gasteiger partial charge in [0.2, 0.25) is 5.91 Å². The third-order valence-electron chi connectivity index (χ3n) is 3.96. The van der Waals surface area contributed by atoms with E-state index in [1.807, 2.05) is 24.3 Å². The van der Waals surface area contributed by atoms with Crippen molar-refractivity contribution < 1.29 is 22.7 Å². The van der Waals surface area contributed by atoms with Crippen LogP contribution < -0.4 is 4.74 Å². The molecule has 1 aliphatic heterocycles. The zero-order chi connectivity index (χ0) is 16.2. The van der Waals surface area contributed by atoms with Crippen LogP contribution in [0.2, 0.25) is 0 Å². The van der Waals surface area contributed by atoms with E-state index in [1.165, 1.54) is 4.90 Å². The molecule has 1 amide bonds. The molecule has 1 atom stereocenters. The Labute approximate surface area is 128 Å². The molecule has 0 bridgehead atoms. The Kier molecular flexibility index (Phi) is 5.32. The summed E-state index contributed by atoms with van der Waals surface area (Å²) in [5.41, 5.74) is 1.03. The fraction of sp³-hybridized carbons (Fsp3) is 0.562. The van der Waals surface area contributed by atoms with Gasteiger partial charge in [-0.2, -0.15) is 13.2 Å². The first-order chi connectivity index (χ1) is 10.4. The molecule has 0 N–H and O–H groups in total. The van der Waals surface area contributed by atoms with Crippen LogP contribution in [0.5, 0.6) is 5.75 Å². The fourth-order valence-corrected chi connectivity index (χ4v) is 2.80. The number of hydrogen-bond donors (Lipinski definition) is 0. The normalized spacial score (nSPS) is 19.6. The van der Waals surface area contributed by atoms with Gasteiger partial charge in [-0.1, -0.05) is 18.6 Å². The van der Waals surface area contributed by atoms with Gasteiger partial charge >= 0.3 is 6.18 Å². The number of carbonyl (C=O) groups excluding carboxylic acids is 1. The topological polar surface area (TPSA) is 29.5 Å². The van der Waals surface area contributed by atoms with Crippen molar-refractivity contribution in [2.45, 2.75) is 37.8 Å². The van der Waals surface area contributed by atoms with Crippen LogP contribution in [0.4, 0.5) is 13.2 Å². The minimum Gasteiger partial charge on any atom is -0.497 e. The van der Waals surface area contributed by atoms with Crippen molar-refractivity contribution in [3.05, 3.63) is 29.8 Å². The molecule has 0 radical (unpaired) electrons. The Balaban J connectivity index is 2.07. The van der Waals surface area contributed by atoms with E-state index in [2.05, 4.69) is 0 Å². The summed E-state index contributed by atoms with van der Waals surface area (Å²) < 4.78 is 42.3. The van der Waals surface area contributed by atoms with E-state index in [4.69, 9.17) is 4.74 Å². The molecule has 122 valence electrons. The molecule has 1 aromatic carbocycles. The van der Waals surface area contributed by atoms with E-state index in [-0.39, 0.29) is 5.92 Å². The lowest BCUT2D eigenvalue weighted by Crippen LogP contribution is -2.36. The maximum Gasteiger partial charge on any atom is 0.397 e. The van der Waals surface area contributed by atoms with Crippen LogP contribution in [-0.2, 0) is 4.79 Å². The van der Waals surface area contributed by atoms with E-state index in [0.717, 1.165) is 30.6 Å². The number of rotatable bonds is 3. The molecule has 0 aromatic heterocycles. The summed E-state index contributed by atoms with van der Waals surface area (Å²) in [7, 11) is 1.58. The lowest BCUT2D eigenvalue weighted by Gasteiger charge is -2.25. The molecular weight excluding hydrogens is 295 g/mol. The predicted molar refractivity (Wildman–Crippen MR) is 76.8 cm³/mol. The molecule has 0 saturated carbocycles. The average molecular weight is 315 g/mol. The Bertz CT molecular complexity index is 499. The summed E-state index contributed by atoms with van der Waals surface area (Å²) in [6, 6.07) is 7.51. The lowest BCUT2D eigenvalue weighted by molar-refractivity contribution is -0.161. The maximum atomic E-state index is 12.4. The molecule has 22 heavy (non-hydrogen) atoms. The molecule has 1 heterocycles. The van der Waals surface area contributed by atoms with Crippen LogP contribution in [-0.4, -0.2) is 37.2 Å². The van der Waals surface area contributed by atoms with Crippen molar-refractivity contribution >= 4 is 5.91 Å². The van der Waals surface area contributed by atoms with Gasteiger partial charge in [-0.05, 0) is 30.5 Å². The predicted octanol–water partition coefficient (Wildman–Crippen LogP) is 3.74. The first-order valence-corrected chi connectivity index (χ1v) is 7.37. The molecule has 0 unspecified atom stereocenters. The monoisotopic (exact) mass is 315 g/mol. The highest BCUT2D eigenvalue weighted by Crippen LogP contribution is 2.29. The number of hydrogen-bond acceptors (Lipinski definition) is 2. The number of carbonyl (C=O) groups is 1. The number of benzene rings is 1. The van der Waals surface area contributed by atoms with Crippen molar-refractivity contribution in [1.82, 2.24) is 4.90 Å². The first kappa shape index (κ1) is 16.6. The van der Waals surface area contributed by atoms with Crippen molar-refractivity contribution in [2.75, 3.05) is 20.2 Å². The van der Waals surface area contributed by atoms with E-state index in [0.29, 0.717) is 13.1 Å². The molecular formula is C16H20F3NO2. The van der Waals surface area contributed by atoms with E-state index in [9.17, 15) is 18.0 Å². The Hall–Kier alpha value is -1.72. The van der Waals surface area contributed by atoms with Crippen LogP contribution in [0.15, 0.2) is 24.3 Å². The third kappa shape index (κ3) is 4.64. The number of halogens is 3. The summed E-state index contributed by atoms with van der Waals surface area (Å²) in [5, 5.41) is 0. The van der Waals surface area contributed by atoms with Crippen LogP contribution in [0, 0.1) is 0 Å². The molecule has 6 heteroatoms. The number of alkyl halides is 3. The second kappa shape index (κ2) is 7.03. The third-order valence-corrected chi connectivity index (χ3v) is 3.96. The van der Waals surface area contributed by atoms with Crippen molar-refractivity contribution in [3.63, 3.8) is 0 Å². The van der Waals surface area contributed by atoms with Crippen LogP contribution in [0.3, 0.4) is 0 Å². The van der Waals surface area contributed by atoms with Gasteiger partial charge in [0.1, 0.15) is 12.2 Å². The average Bonchev–Trinajstić information content (AvgIpc) is 2.71. The molecule has 3 nitrogen and oxygen atoms in total. The quantitative estimate of drug-likeness (QED) is 0.850. The van der Waals surface area contributed by atoms with Crippen LogP contribution >= 0.6 is 0 Å². The van der Waals surface area contributed by atoms with Gasteiger partial charge in [0.25, 0.3) is 0 Å². The first-order valence-electron chi connectivity index (χ1n) is 7.37. The summed E-state index contributed by atoms with van der Waals surface area (Å²) in [4.78, 5) is 13.2. The highest BCUT2D eigenvalue weighted by molar-refractivity contribution is 5.77. The molecule has 1 aromatic rings. The van der Waals surface area contributed by atoms with E-state index in [1.54, 1.807) is 7.11 Å². The Morgan fingerprint density at radius 2 is 1.95 bits per heavy atom. The summed E-state index contributed by atoms with van der Waals surface area (Å²) >= 11 is 0. The van der Waals surface area contributed by atoms with Gasteiger partial charge in [-0.25, -0.2) is 0 Å². The zero-order valence-corrected chi connectivity index (χ0v) is 12.5. The lowest BCUT2D eigenvalue weighted by atomic mass is 9.94. The van der Waals surface area contributed by atoms with Gasteiger partial charge in [0, 0.05) is 19.0 Å². The largest absolute Gasteiger partial charge is 0.497 e. The smallest absolute Gasteiger partial charge is 0.397 e. The van der Waals surface area contributed by atoms with E-state index >= 15 is 0 Å². The summed E-state index contributed by atoms with van der Waals surface area (Å²) in [6.07, 6.45) is -3.29. The molecule has 1 aliphatic rings. The number of amides is 1. The minimum absolute atomic E-state index is 0.0746. The molecule has 1 fully saturated rings. The highest BCUT2D eigenvalue weighted by Gasteiger charge is 2.34. The second-order valence-electron chi connectivity index (χ2n) is 5.60. The molecule has 2 rings (SSSR count). The van der Waals surface area contributed by atoms with Gasteiger partial charge in [0.05, 0.1) is 7.11 Å². The summed E-state index contributed by atoms with van der Waals surface area (Å²) in [6.45, 7) is 0.753. The zero-order valence-electron chi connectivity index (χ0n) is 12.5. The number of methoxy groups -OCH3 is 1. The second-order valence-corrected chi connectivity index (χ2v) is 5.60. The SMILES string of the molecule is COc1ccc([C@@H]2CCCCN(C(=O)CC(F)(F)F)C2)cc1. The number of nitrogens with zero attached hydrogens (tertiary/aromatic N) is 1. The highest BCUT2D eigenvalue weighted by atomic mass is 19.4. The standard InChI is InChI=1S/C16H20F3NO2/c1-22-14-7-5-12(6-8-14)13-4-2-3-9-20(11-13)15(21)10-16(17,18)19/h5-8,13H,2-4,9-11H2,1H3/t13-/m1/s1. The van der Waals surface area contributed by atoms with Crippen molar-refractivity contribution in [2.24, 2.45) is 0 Å². The number of likely N-dealkylation sites (tertiary alicyclic amines) is 1. The number of ether oxygens (including phenoxy) is 1. The summed E-state index contributed by atoms with van der Waals surface area (Å²) in [5.74, 6) is -0.0131.